The van der Waals surface area contributed by atoms with Gasteiger partial charge in [0.1, 0.15) is 12.4 Å². The Hall–Kier alpha value is -1.35. The van der Waals surface area contributed by atoms with Crippen molar-refractivity contribution in [1.82, 2.24) is 0 Å². The summed E-state index contributed by atoms with van der Waals surface area (Å²) in [6.07, 6.45) is 0. The zero-order chi connectivity index (χ0) is 13.5. The molecule has 1 aromatic rings. The number of carbonyl (C=O) groups is 1. The molecule has 1 aromatic carbocycles. The summed E-state index contributed by atoms with van der Waals surface area (Å²) in [5, 5.41) is 0. The van der Waals surface area contributed by atoms with Crippen LogP contribution in [0.4, 0.5) is 0 Å². The summed E-state index contributed by atoms with van der Waals surface area (Å²) in [6, 6.07) is 7.39. The largest absolute Gasteiger partial charge is 0.490 e. The van der Waals surface area contributed by atoms with E-state index in [1.54, 1.807) is 7.11 Å². The summed E-state index contributed by atoms with van der Waals surface area (Å²) in [7, 11) is 1.63. The van der Waals surface area contributed by atoms with Crippen LogP contribution in [0.5, 0.6) is 5.75 Å². The standard InChI is InChI=1S/C15H22O3/c1-11(2)12(3)15(16)13-7-5-6-8-14(13)18-10-9-17-4/h5-8,11-12H,9-10H2,1-4H3. The highest BCUT2D eigenvalue weighted by Gasteiger charge is 2.21. The second kappa shape index (κ2) is 7.17. The molecule has 0 fully saturated rings. The molecule has 0 aliphatic heterocycles. The monoisotopic (exact) mass is 250 g/mol. The third kappa shape index (κ3) is 3.84. The van der Waals surface area contributed by atoms with E-state index in [1.807, 2.05) is 31.2 Å². The molecule has 0 amide bonds. The molecule has 1 unspecified atom stereocenters. The summed E-state index contributed by atoms with van der Waals surface area (Å²) >= 11 is 0. The van der Waals surface area contributed by atoms with Crippen LogP contribution in [-0.2, 0) is 4.74 Å². The van der Waals surface area contributed by atoms with Gasteiger partial charge in [-0.05, 0) is 18.1 Å². The first-order valence-electron chi connectivity index (χ1n) is 6.33. The molecule has 1 atom stereocenters. The molecule has 0 aromatic heterocycles. The van der Waals surface area contributed by atoms with Crippen molar-refractivity contribution < 1.29 is 14.3 Å². The van der Waals surface area contributed by atoms with E-state index >= 15 is 0 Å². The lowest BCUT2D eigenvalue weighted by Crippen LogP contribution is -2.18. The number of carbonyl (C=O) groups excluding carboxylic acids is 1. The molecule has 3 nitrogen and oxygen atoms in total. The zero-order valence-corrected chi connectivity index (χ0v) is 11.6. The van der Waals surface area contributed by atoms with Gasteiger partial charge in [-0.3, -0.25) is 4.79 Å². The van der Waals surface area contributed by atoms with Crippen molar-refractivity contribution in [2.24, 2.45) is 11.8 Å². The van der Waals surface area contributed by atoms with Gasteiger partial charge in [0.2, 0.25) is 0 Å². The molecule has 100 valence electrons. The van der Waals surface area contributed by atoms with Crippen molar-refractivity contribution in [3.8, 4) is 5.75 Å². The Morgan fingerprint density at radius 3 is 2.44 bits per heavy atom. The topological polar surface area (TPSA) is 35.5 Å². The molecule has 0 spiro atoms. The second-order valence-corrected chi connectivity index (χ2v) is 4.73. The van der Waals surface area contributed by atoms with Crippen molar-refractivity contribution >= 4 is 5.78 Å². The highest BCUT2D eigenvalue weighted by Crippen LogP contribution is 2.24. The first-order chi connectivity index (χ1) is 8.57. The Morgan fingerprint density at radius 2 is 1.83 bits per heavy atom. The highest BCUT2D eigenvalue weighted by atomic mass is 16.5. The van der Waals surface area contributed by atoms with E-state index in [-0.39, 0.29) is 11.7 Å². The minimum Gasteiger partial charge on any atom is -0.490 e. The van der Waals surface area contributed by atoms with E-state index in [1.165, 1.54) is 0 Å². The van der Waals surface area contributed by atoms with Crippen LogP contribution in [-0.4, -0.2) is 26.1 Å². The lowest BCUT2D eigenvalue weighted by Gasteiger charge is -2.16. The molecule has 0 N–H and O–H groups in total. The molecular formula is C15H22O3. The molecule has 0 radical (unpaired) electrons. The van der Waals surface area contributed by atoms with Crippen LogP contribution in [0.3, 0.4) is 0 Å². The Balaban J connectivity index is 2.84. The van der Waals surface area contributed by atoms with Gasteiger partial charge in [0.05, 0.1) is 12.2 Å². The summed E-state index contributed by atoms with van der Waals surface area (Å²) in [4.78, 5) is 12.3. The normalized spacial score (nSPS) is 12.5. The van der Waals surface area contributed by atoms with Crippen LogP contribution in [0.15, 0.2) is 24.3 Å². The first kappa shape index (κ1) is 14.7. The van der Waals surface area contributed by atoms with Crippen molar-refractivity contribution in [3.05, 3.63) is 29.8 Å². The van der Waals surface area contributed by atoms with Crippen molar-refractivity contribution in [2.75, 3.05) is 20.3 Å². The van der Waals surface area contributed by atoms with Gasteiger partial charge in [0, 0.05) is 13.0 Å². The number of Topliss-reactive ketones (excluding diaryl/α,β-unsaturated/α-hetero) is 1. The maximum atomic E-state index is 12.3. The maximum absolute atomic E-state index is 12.3. The third-order valence-electron chi connectivity index (χ3n) is 3.11. The smallest absolute Gasteiger partial charge is 0.169 e. The fourth-order valence-corrected chi connectivity index (χ4v) is 1.58. The predicted octanol–water partition coefficient (Wildman–Crippen LogP) is 3.19. The molecule has 0 saturated heterocycles. The van der Waals surface area contributed by atoms with Crippen LogP contribution in [0.25, 0.3) is 0 Å². The third-order valence-corrected chi connectivity index (χ3v) is 3.11. The van der Waals surface area contributed by atoms with Crippen LogP contribution in [0, 0.1) is 11.8 Å². The Bertz CT molecular complexity index is 385. The van der Waals surface area contributed by atoms with Crippen LogP contribution in [0.2, 0.25) is 0 Å². The summed E-state index contributed by atoms with van der Waals surface area (Å²) in [5.74, 6) is 1.10. The van der Waals surface area contributed by atoms with Gasteiger partial charge in [-0.15, -0.1) is 0 Å². The van der Waals surface area contributed by atoms with Gasteiger partial charge in [0.15, 0.2) is 5.78 Å². The summed E-state index contributed by atoms with van der Waals surface area (Å²) in [6.45, 7) is 7.03. The molecule has 1 rings (SSSR count). The molecule has 0 saturated carbocycles. The number of benzene rings is 1. The van der Waals surface area contributed by atoms with Gasteiger partial charge in [-0.25, -0.2) is 0 Å². The van der Waals surface area contributed by atoms with Gasteiger partial charge in [0.25, 0.3) is 0 Å². The predicted molar refractivity (Wildman–Crippen MR) is 72.1 cm³/mol. The minimum atomic E-state index is -0.00262. The molecule has 0 heterocycles. The number of hydrogen-bond donors (Lipinski definition) is 0. The number of ketones is 1. The fraction of sp³-hybridized carbons (Fsp3) is 0.533. The lowest BCUT2D eigenvalue weighted by molar-refractivity contribution is 0.0892. The summed E-state index contributed by atoms with van der Waals surface area (Å²) < 4.78 is 10.5. The van der Waals surface area contributed by atoms with E-state index < -0.39 is 0 Å². The van der Waals surface area contributed by atoms with E-state index in [0.717, 1.165) is 0 Å². The maximum Gasteiger partial charge on any atom is 0.169 e. The molecular weight excluding hydrogens is 228 g/mol. The van der Waals surface area contributed by atoms with Crippen molar-refractivity contribution in [1.29, 1.82) is 0 Å². The van der Waals surface area contributed by atoms with Crippen LogP contribution in [0.1, 0.15) is 31.1 Å². The van der Waals surface area contributed by atoms with Gasteiger partial charge >= 0.3 is 0 Å². The quantitative estimate of drug-likeness (QED) is 0.550. The molecule has 0 aliphatic carbocycles. The number of methoxy groups -OCH3 is 1. The van der Waals surface area contributed by atoms with E-state index in [9.17, 15) is 4.79 Å². The number of hydrogen-bond acceptors (Lipinski definition) is 3. The fourth-order valence-electron chi connectivity index (χ4n) is 1.58. The Labute approximate surface area is 109 Å². The molecule has 3 heteroatoms. The minimum absolute atomic E-state index is 0.00262. The Kier molecular flexibility index (Phi) is 5.86. The molecule has 0 aliphatic rings. The average molecular weight is 250 g/mol. The number of para-hydroxylation sites is 1. The number of rotatable bonds is 7. The van der Waals surface area contributed by atoms with Gasteiger partial charge < -0.3 is 9.47 Å². The lowest BCUT2D eigenvalue weighted by atomic mass is 9.89. The Morgan fingerprint density at radius 1 is 1.17 bits per heavy atom. The second-order valence-electron chi connectivity index (χ2n) is 4.73. The summed E-state index contributed by atoms with van der Waals surface area (Å²) in [5.41, 5.74) is 0.662. The van der Waals surface area contributed by atoms with Crippen molar-refractivity contribution in [3.63, 3.8) is 0 Å². The SMILES string of the molecule is COCCOc1ccccc1C(=O)C(C)C(C)C. The van der Waals surface area contributed by atoms with Crippen LogP contribution < -0.4 is 4.74 Å². The van der Waals surface area contributed by atoms with Crippen molar-refractivity contribution in [2.45, 2.75) is 20.8 Å². The number of ether oxygens (including phenoxy) is 2. The van der Waals surface area contributed by atoms with Crippen LogP contribution >= 0.6 is 0 Å². The van der Waals surface area contributed by atoms with Gasteiger partial charge in [-0.2, -0.15) is 0 Å². The van der Waals surface area contributed by atoms with E-state index in [4.69, 9.17) is 9.47 Å². The van der Waals surface area contributed by atoms with E-state index in [0.29, 0.717) is 30.4 Å². The van der Waals surface area contributed by atoms with Gasteiger partial charge in [-0.1, -0.05) is 32.9 Å². The van der Waals surface area contributed by atoms with E-state index in [2.05, 4.69) is 13.8 Å². The average Bonchev–Trinajstić information content (AvgIpc) is 2.38. The molecule has 18 heavy (non-hydrogen) atoms. The first-order valence-corrected chi connectivity index (χ1v) is 6.33. The molecule has 0 bridgehead atoms. The highest BCUT2D eigenvalue weighted by molar-refractivity contribution is 6.00. The zero-order valence-electron chi connectivity index (χ0n) is 11.6.